The third-order valence-electron chi connectivity index (χ3n) is 2.93. The number of aryl methyl sites for hydroxylation is 2. The van der Waals surface area contributed by atoms with Gasteiger partial charge in [-0.2, -0.15) is 0 Å². The minimum atomic E-state index is -1.11. The van der Waals surface area contributed by atoms with Gasteiger partial charge >= 0.3 is 6.01 Å². The number of nitrogens with zero attached hydrogens (tertiary/aromatic N) is 3. The maximum Gasteiger partial charge on any atom is 0.322 e. The molecule has 0 aliphatic carbocycles. The monoisotopic (exact) mass is 336 g/mol. The van der Waals surface area contributed by atoms with Crippen LogP contribution in [0, 0.1) is 25.5 Å². The van der Waals surface area contributed by atoms with Crippen LogP contribution >= 0.6 is 11.3 Å². The molecule has 0 aliphatic heterocycles. The van der Waals surface area contributed by atoms with Crippen molar-refractivity contribution in [1.29, 1.82) is 0 Å². The zero-order valence-corrected chi connectivity index (χ0v) is 12.9. The second-order valence-electron chi connectivity index (χ2n) is 4.64. The van der Waals surface area contributed by atoms with Crippen molar-refractivity contribution in [3.63, 3.8) is 0 Å². The lowest BCUT2D eigenvalue weighted by molar-refractivity contribution is 0.102. The number of hydrogen-bond donors (Lipinski definition) is 1. The van der Waals surface area contributed by atoms with Crippen LogP contribution in [0.25, 0.3) is 10.8 Å². The highest BCUT2D eigenvalue weighted by atomic mass is 32.1. The number of rotatable bonds is 3. The predicted octanol–water partition coefficient (Wildman–Crippen LogP) is 3.34. The molecule has 23 heavy (non-hydrogen) atoms. The van der Waals surface area contributed by atoms with Gasteiger partial charge < -0.3 is 4.42 Å². The van der Waals surface area contributed by atoms with Gasteiger partial charge in [0.1, 0.15) is 4.88 Å². The van der Waals surface area contributed by atoms with E-state index in [1.165, 1.54) is 11.3 Å². The number of amides is 1. The minimum absolute atomic E-state index is 0.0616. The van der Waals surface area contributed by atoms with Gasteiger partial charge in [-0.1, -0.05) is 5.10 Å². The Morgan fingerprint density at radius 2 is 2.00 bits per heavy atom. The molecule has 9 heteroatoms. The fraction of sp³-hybridized carbons (Fsp3) is 0.143. The first-order valence-electron chi connectivity index (χ1n) is 6.48. The first kappa shape index (κ1) is 15.2. The average Bonchev–Trinajstić information content (AvgIpc) is 3.08. The van der Waals surface area contributed by atoms with Crippen molar-refractivity contribution in [2.75, 3.05) is 5.32 Å². The van der Waals surface area contributed by atoms with Crippen molar-refractivity contribution < 1.29 is 18.0 Å². The molecule has 3 aromatic rings. The third-order valence-corrected chi connectivity index (χ3v) is 3.99. The Bertz CT molecular complexity index is 891. The maximum atomic E-state index is 13.1. The molecule has 1 aromatic carbocycles. The summed E-state index contributed by atoms with van der Waals surface area (Å²) in [5.74, 6) is -2.60. The van der Waals surface area contributed by atoms with Crippen LogP contribution in [-0.4, -0.2) is 21.1 Å². The van der Waals surface area contributed by atoms with E-state index in [2.05, 4.69) is 20.5 Å². The minimum Gasteiger partial charge on any atom is -0.402 e. The van der Waals surface area contributed by atoms with Crippen molar-refractivity contribution in [3.05, 3.63) is 46.1 Å². The molecule has 118 valence electrons. The molecular weight excluding hydrogens is 326 g/mol. The van der Waals surface area contributed by atoms with Gasteiger partial charge in [-0.15, -0.1) is 16.4 Å². The number of benzene rings is 1. The Morgan fingerprint density at radius 3 is 2.65 bits per heavy atom. The normalized spacial score (nSPS) is 10.8. The molecule has 0 radical (unpaired) electrons. The van der Waals surface area contributed by atoms with E-state index in [0.29, 0.717) is 4.88 Å². The summed E-state index contributed by atoms with van der Waals surface area (Å²) < 4.78 is 31.4. The summed E-state index contributed by atoms with van der Waals surface area (Å²) in [6.45, 7) is 3.66. The van der Waals surface area contributed by atoms with Gasteiger partial charge in [-0.05, 0) is 32.0 Å². The summed E-state index contributed by atoms with van der Waals surface area (Å²) in [6, 6.07) is 2.67. The SMILES string of the molecule is Cc1nc(C)c(-c2nnc(NC(=O)c3ccc(F)c(F)c3)o2)s1. The Balaban J connectivity index is 1.80. The van der Waals surface area contributed by atoms with Gasteiger partial charge in [-0.25, -0.2) is 13.8 Å². The molecule has 2 heterocycles. The Morgan fingerprint density at radius 1 is 1.22 bits per heavy atom. The molecule has 6 nitrogen and oxygen atoms in total. The largest absolute Gasteiger partial charge is 0.402 e. The lowest BCUT2D eigenvalue weighted by atomic mass is 10.2. The maximum absolute atomic E-state index is 13.1. The molecular formula is C14H10F2N4O2S. The van der Waals surface area contributed by atoms with Crippen LogP contribution in [-0.2, 0) is 0 Å². The summed E-state index contributed by atoms with van der Waals surface area (Å²) in [5, 5.41) is 10.7. The smallest absolute Gasteiger partial charge is 0.322 e. The summed E-state index contributed by atoms with van der Waals surface area (Å²) in [7, 11) is 0. The summed E-state index contributed by atoms with van der Waals surface area (Å²) >= 11 is 1.39. The van der Waals surface area contributed by atoms with Crippen LogP contribution in [0.5, 0.6) is 0 Å². The first-order valence-corrected chi connectivity index (χ1v) is 7.30. The lowest BCUT2D eigenvalue weighted by Gasteiger charge is -2.01. The zero-order valence-electron chi connectivity index (χ0n) is 12.1. The van der Waals surface area contributed by atoms with Crippen molar-refractivity contribution in [2.24, 2.45) is 0 Å². The molecule has 0 spiro atoms. The van der Waals surface area contributed by atoms with E-state index in [0.717, 1.165) is 28.9 Å². The highest BCUT2D eigenvalue weighted by molar-refractivity contribution is 7.15. The summed E-state index contributed by atoms with van der Waals surface area (Å²) in [4.78, 5) is 16.9. The van der Waals surface area contributed by atoms with Crippen LogP contribution in [0.3, 0.4) is 0 Å². The fourth-order valence-electron chi connectivity index (χ4n) is 1.90. The predicted molar refractivity (Wildman–Crippen MR) is 79.2 cm³/mol. The lowest BCUT2D eigenvalue weighted by Crippen LogP contribution is -2.12. The van der Waals surface area contributed by atoms with E-state index < -0.39 is 17.5 Å². The highest BCUT2D eigenvalue weighted by Crippen LogP contribution is 2.29. The Kier molecular flexibility index (Phi) is 3.87. The second-order valence-corrected chi connectivity index (χ2v) is 5.85. The van der Waals surface area contributed by atoms with Gasteiger partial charge in [0.05, 0.1) is 10.7 Å². The Hall–Kier alpha value is -2.68. The number of nitrogens with one attached hydrogen (secondary N) is 1. The van der Waals surface area contributed by atoms with Crippen molar-refractivity contribution in [1.82, 2.24) is 15.2 Å². The van der Waals surface area contributed by atoms with Crippen molar-refractivity contribution >= 4 is 23.3 Å². The second kappa shape index (κ2) is 5.84. The first-order chi connectivity index (χ1) is 10.9. The van der Waals surface area contributed by atoms with Gasteiger partial charge in [0, 0.05) is 5.56 Å². The number of thiazole rings is 1. The van der Waals surface area contributed by atoms with E-state index >= 15 is 0 Å². The van der Waals surface area contributed by atoms with Crippen molar-refractivity contribution in [2.45, 2.75) is 13.8 Å². The number of anilines is 1. The fourth-order valence-corrected chi connectivity index (χ4v) is 2.74. The van der Waals surface area contributed by atoms with Crippen LogP contribution in [0.1, 0.15) is 21.1 Å². The molecule has 0 atom stereocenters. The number of carbonyl (C=O) groups is 1. The molecule has 2 aromatic heterocycles. The van der Waals surface area contributed by atoms with E-state index in [1.54, 1.807) is 0 Å². The number of halogens is 2. The van der Waals surface area contributed by atoms with Crippen molar-refractivity contribution in [3.8, 4) is 10.8 Å². The summed E-state index contributed by atoms with van der Waals surface area (Å²) in [6.07, 6.45) is 0. The molecule has 0 aliphatic rings. The highest BCUT2D eigenvalue weighted by Gasteiger charge is 2.17. The van der Waals surface area contributed by atoms with Crippen LogP contribution in [0.2, 0.25) is 0 Å². The molecule has 0 bridgehead atoms. The number of hydrogen-bond acceptors (Lipinski definition) is 6. The van der Waals surface area contributed by atoms with E-state index in [1.807, 2.05) is 13.8 Å². The molecule has 0 fully saturated rings. The van der Waals surface area contributed by atoms with Gasteiger partial charge in [0.15, 0.2) is 11.6 Å². The average molecular weight is 336 g/mol. The quantitative estimate of drug-likeness (QED) is 0.793. The molecule has 1 amide bonds. The molecule has 0 saturated carbocycles. The molecule has 3 rings (SSSR count). The van der Waals surface area contributed by atoms with E-state index in [-0.39, 0.29) is 17.5 Å². The molecule has 0 saturated heterocycles. The molecule has 1 N–H and O–H groups in total. The number of carbonyl (C=O) groups excluding carboxylic acids is 1. The van der Waals surface area contributed by atoms with Crippen LogP contribution in [0.4, 0.5) is 14.8 Å². The number of aromatic nitrogens is 3. The van der Waals surface area contributed by atoms with Gasteiger partial charge in [0.25, 0.3) is 11.8 Å². The van der Waals surface area contributed by atoms with Gasteiger partial charge in [0.2, 0.25) is 0 Å². The van der Waals surface area contributed by atoms with Crippen LogP contribution in [0.15, 0.2) is 22.6 Å². The van der Waals surface area contributed by atoms with E-state index in [9.17, 15) is 13.6 Å². The topological polar surface area (TPSA) is 80.9 Å². The van der Waals surface area contributed by atoms with E-state index in [4.69, 9.17) is 4.42 Å². The third kappa shape index (κ3) is 3.09. The van der Waals surface area contributed by atoms with Crippen LogP contribution < -0.4 is 5.32 Å². The summed E-state index contributed by atoms with van der Waals surface area (Å²) in [5.41, 5.74) is 0.683. The standard InChI is InChI=1S/C14H10F2N4O2S/c1-6-11(23-7(2)17-6)13-19-20-14(22-13)18-12(21)8-3-4-9(15)10(16)5-8/h3-5H,1-2H3,(H,18,20,21). The Labute approximate surface area is 133 Å². The zero-order chi connectivity index (χ0) is 16.6. The van der Waals surface area contributed by atoms with Gasteiger partial charge in [-0.3, -0.25) is 10.1 Å². The molecule has 0 unspecified atom stereocenters.